The monoisotopic (exact) mass is 270 g/mol. The molecule has 0 radical (unpaired) electrons. The van der Waals surface area contributed by atoms with Crippen LogP contribution in [0.4, 0.5) is 0 Å². The van der Waals surface area contributed by atoms with Crippen LogP contribution in [0, 0.1) is 13.8 Å². The molecule has 0 N–H and O–H groups in total. The van der Waals surface area contributed by atoms with Crippen molar-refractivity contribution in [2.75, 3.05) is 0 Å². The number of aryl methyl sites for hydroxylation is 3. The van der Waals surface area contributed by atoms with E-state index in [2.05, 4.69) is 64.4 Å². The maximum atomic E-state index is 4.85. The van der Waals surface area contributed by atoms with Crippen molar-refractivity contribution >= 4 is 0 Å². The Morgan fingerprint density at radius 2 is 1.60 bits per heavy atom. The molecule has 0 saturated carbocycles. The topological polar surface area (TPSA) is 17.8 Å². The third-order valence-corrected chi connectivity index (χ3v) is 3.75. The fraction of sp³-hybridized carbons (Fsp3) is 0.500. The molecule has 0 saturated heterocycles. The molecule has 0 atom stereocenters. The van der Waals surface area contributed by atoms with E-state index in [-0.39, 0.29) is 0 Å². The van der Waals surface area contributed by atoms with Gasteiger partial charge in [-0.3, -0.25) is 4.68 Å². The molecular weight excluding hydrogens is 244 g/mol. The van der Waals surface area contributed by atoms with Crippen molar-refractivity contribution in [1.29, 1.82) is 0 Å². The first kappa shape index (κ1) is 14.8. The summed E-state index contributed by atoms with van der Waals surface area (Å²) >= 11 is 0. The molecule has 2 aromatic rings. The average molecular weight is 270 g/mol. The van der Waals surface area contributed by atoms with Crippen molar-refractivity contribution < 1.29 is 0 Å². The van der Waals surface area contributed by atoms with Crippen LogP contribution in [-0.4, -0.2) is 9.78 Å². The maximum Gasteiger partial charge on any atom is 0.0703 e. The summed E-state index contributed by atoms with van der Waals surface area (Å²) in [5.41, 5.74) is 7.91. The predicted octanol–water partition coefficient (Wildman–Crippen LogP) is 4.87. The van der Waals surface area contributed by atoms with Gasteiger partial charge in [-0.15, -0.1) is 0 Å². The molecule has 0 unspecified atom stereocenters. The maximum absolute atomic E-state index is 4.85. The highest BCUT2D eigenvalue weighted by Gasteiger charge is 2.18. The Morgan fingerprint density at radius 1 is 1.00 bits per heavy atom. The second kappa shape index (κ2) is 5.82. The Balaban J connectivity index is 2.71. The van der Waals surface area contributed by atoms with Crippen LogP contribution in [0.2, 0.25) is 0 Å². The fourth-order valence-electron chi connectivity index (χ4n) is 2.99. The molecule has 2 heteroatoms. The highest BCUT2D eigenvalue weighted by atomic mass is 15.3. The first-order valence-electron chi connectivity index (χ1n) is 7.66. The quantitative estimate of drug-likeness (QED) is 0.774. The third kappa shape index (κ3) is 2.65. The number of benzene rings is 1. The smallest absolute Gasteiger partial charge is 0.0703 e. The normalized spacial score (nSPS) is 11.3. The molecule has 0 fully saturated rings. The van der Waals surface area contributed by atoms with Crippen LogP contribution in [0.5, 0.6) is 0 Å². The predicted molar refractivity (Wildman–Crippen MR) is 86.3 cm³/mol. The van der Waals surface area contributed by atoms with E-state index in [9.17, 15) is 0 Å². The first-order chi connectivity index (χ1) is 9.47. The Kier molecular flexibility index (Phi) is 4.32. The number of hydrogen-bond acceptors (Lipinski definition) is 1. The van der Waals surface area contributed by atoms with E-state index in [1.165, 1.54) is 33.6 Å². The molecule has 20 heavy (non-hydrogen) atoms. The van der Waals surface area contributed by atoms with Crippen LogP contribution < -0.4 is 0 Å². The highest BCUT2D eigenvalue weighted by molar-refractivity contribution is 5.70. The second-order valence-corrected chi connectivity index (χ2v) is 5.89. The van der Waals surface area contributed by atoms with Gasteiger partial charge >= 0.3 is 0 Å². The molecular formula is C18H26N2. The Labute approximate surface area is 122 Å². The van der Waals surface area contributed by atoms with Gasteiger partial charge in [0.25, 0.3) is 0 Å². The van der Waals surface area contributed by atoms with Crippen LogP contribution in [0.15, 0.2) is 18.2 Å². The lowest BCUT2D eigenvalue weighted by atomic mass is 9.97. The molecule has 0 amide bonds. The van der Waals surface area contributed by atoms with Gasteiger partial charge in [0.1, 0.15) is 0 Å². The van der Waals surface area contributed by atoms with Gasteiger partial charge in [0.15, 0.2) is 0 Å². The van der Waals surface area contributed by atoms with Crippen LogP contribution in [0.25, 0.3) is 11.1 Å². The molecule has 0 spiro atoms. The van der Waals surface area contributed by atoms with Crippen LogP contribution in [0.1, 0.15) is 56.3 Å². The zero-order valence-electron chi connectivity index (χ0n) is 13.6. The van der Waals surface area contributed by atoms with Gasteiger partial charge in [0, 0.05) is 17.3 Å². The highest BCUT2D eigenvalue weighted by Crippen LogP contribution is 2.31. The van der Waals surface area contributed by atoms with Crippen LogP contribution in [-0.2, 0) is 12.8 Å². The summed E-state index contributed by atoms with van der Waals surface area (Å²) in [6, 6.07) is 7.21. The summed E-state index contributed by atoms with van der Waals surface area (Å²) in [7, 11) is 0. The second-order valence-electron chi connectivity index (χ2n) is 5.89. The number of rotatable bonds is 4. The lowest BCUT2D eigenvalue weighted by molar-refractivity contribution is 0.507. The average Bonchev–Trinajstić information content (AvgIpc) is 2.76. The lowest BCUT2D eigenvalue weighted by Crippen LogP contribution is -2.07. The van der Waals surface area contributed by atoms with Gasteiger partial charge in [0.2, 0.25) is 0 Å². The first-order valence-corrected chi connectivity index (χ1v) is 7.66. The van der Waals surface area contributed by atoms with Crippen molar-refractivity contribution in [3.05, 3.63) is 40.7 Å². The fourth-order valence-corrected chi connectivity index (χ4v) is 2.99. The van der Waals surface area contributed by atoms with Crippen LogP contribution >= 0.6 is 0 Å². The van der Waals surface area contributed by atoms with E-state index in [0.717, 1.165) is 12.8 Å². The molecule has 2 nitrogen and oxygen atoms in total. The molecule has 1 heterocycles. The molecule has 0 bridgehead atoms. The van der Waals surface area contributed by atoms with Gasteiger partial charge in [-0.25, -0.2) is 0 Å². The molecule has 1 aromatic carbocycles. The minimum absolute atomic E-state index is 0.412. The number of nitrogens with zero attached hydrogens (tertiary/aromatic N) is 2. The van der Waals surface area contributed by atoms with E-state index < -0.39 is 0 Å². The molecule has 2 rings (SSSR count). The van der Waals surface area contributed by atoms with Gasteiger partial charge in [-0.1, -0.05) is 43.2 Å². The Hall–Kier alpha value is -1.57. The number of aromatic nitrogens is 2. The van der Waals surface area contributed by atoms with Crippen molar-refractivity contribution in [2.45, 2.75) is 60.4 Å². The summed E-state index contributed by atoms with van der Waals surface area (Å²) in [5, 5.41) is 4.85. The number of hydrogen-bond donors (Lipinski definition) is 0. The molecule has 0 aliphatic rings. The van der Waals surface area contributed by atoms with E-state index in [4.69, 9.17) is 5.10 Å². The summed E-state index contributed by atoms with van der Waals surface area (Å²) in [4.78, 5) is 0. The van der Waals surface area contributed by atoms with Crippen molar-refractivity contribution in [2.24, 2.45) is 0 Å². The lowest BCUT2D eigenvalue weighted by Gasteiger charge is -2.12. The summed E-state index contributed by atoms with van der Waals surface area (Å²) in [5.74, 6) is 0. The molecule has 108 valence electrons. The molecule has 1 aromatic heterocycles. The van der Waals surface area contributed by atoms with Gasteiger partial charge < -0.3 is 0 Å². The van der Waals surface area contributed by atoms with E-state index >= 15 is 0 Å². The van der Waals surface area contributed by atoms with Gasteiger partial charge in [-0.2, -0.15) is 5.10 Å². The van der Waals surface area contributed by atoms with E-state index in [0.29, 0.717) is 6.04 Å². The van der Waals surface area contributed by atoms with Gasteiger partial charge in [-0.05, 0) is 46.1 Å². The third-order valence-electron chi connectivity index (χ3n) is 3.75. The zero-order valence-corrected chi connectivity index (χ0v) is 13.6. The van der Waals surface area contributed by atoms with Gasteiger partial charge in [0.05, 0.1) is 5.69 Å². The van der Waals surface area contributed by atoms with Crippen molar-refractivity contribution in [3.63, 3.8) is 0 Å². The molecule has 0 aliphatic heterocycles. The Bertz CT molecular complexity index is 586. The largest absolute Gasteiger partial charge is 0.266 e. The zero-order chi connectivity index (χ0) is 14.9. The van der Waals surface area contributed by atoms with Crippen molar-refractivity contribution in [3.8, 4) is 11.1 Å². The summed E-state index contributed by atoms with van der Waals surface area (Å²) in [6.45, 7) is 13.2. The summed E-state index contributed by atoms with van der Waals surface area (Å²) < 4.78 is 2.20. The molecule has 0 aliphatic carbocycles. The summed E-state index contributed by atoms with van der Waals surface area (Å²) in [6.07, 6.45) is 2.00. The van der Waals surface area contributed by atoms with E-state index in [1.54, 1.807) is 0 Å². The van der Waals surface area contributed by atoms with Crippen molar-refractivity contribution in [1.82, 2.24) is 9.78 Å². The minimum Gasteiger partial charge on any atom is -0.266 e. The SMILES string of the molecule is CCc1nn(C(C)C)c(CC)c1-c1cc(C)cc(C)c1. The standard InChI is InChI=1S/C18H26N2/c1-7-16-18(15-10-13(5)9-14(6)11-15)17(8-2)20(19-16)12(3)4/h9-12H,7-8H2,1-6H3. The Morgan fingerprint density at radius 3 is 2.05 bits per heavy atom. The minimum atomic E-state index is 0.412. The van der Waals surface area contributed by atoms with E-state index in [1.807, 2.05) is 0 Å². The van der Waals surface area contributed by atoms with Crippen LogP contribution in [0.3, 0.4) is 0 Å².